The van der Waals surface area contributed by atoms with Crippen LogP contribution in [-0.4, -0.2) is 21.9 Å². The standard InChI is InChI=1S/C16H16N2O6/c1-3-13-12(16(20)21)8-14(24-13)15(19)17-9(2)10-5-4-6-11(7-10)18(22)23/h4-9H,3H2,1-2H3,(H,17,19)(H,20,21). The number of aryl methyl sites for hydroxylation is 1. The van der Waals surface area contributed by atoms with Gasteiger partial charge in [0.2, 0.25) is 0 Å². The topological polar surface area (TPSA) is 123 Å². The van der Waals surface area contributed by atoms with Gasteiger partial charge in [0.05, 0.1) is 11.0 Å². The van der Waals surface area contributed by atoms with E-state index in [2.05, 4.69) is 5.32 Å². The summed E-state index contributed by atoms with van der Waals surface area (Å²) in [5.74, 6) is -1.64. The van der Waals surface area contributed by atoms with E-state index in [9.17, 15) is 19.7 Å². The van der Waals surface area contributed by atoms with Crippen LogP contribution in [0, 0.1) is 10.1 Å². The molecule has 2 rings (SSSR count). The van der Waals surface area contributed by atoms with Crippen molar-refractivity contribution < 1.29 is 24.0 Å². The van der Waals surface area contributed by atoms with Crippen molar-refractivity contribution >= 4 is 17.6 Å². The largest absolute Gasteiger partial charge is 0.478 e. The number of carbonyl (C=O) groups excluding carboxylic acids is 1. The molecule has 1 amide bonds. The Bertz CT molecular complexity index is 796. The van der Waals surface area contributed by atoms with Crippen LogP contribution < -0.4 is 5.32 Å². The van der Waals surface area contributed by atoms with Crippen molar-refractivity contribution in [2.24, 2.45) is 0 Å². The van der Waals surface area contributed by atoms with Crippen LogP contribution in [0.3, 0.4) is 0 Å². The molecule has 0 radical (unpaired) electrons. The molecule has 1 atom stereocenters. The number of nitrogens with zero attached hydrogens (tertiary/aromatic N) is 1. The Kier molecular flexibility index (Phi) is 4.98. The molecule has 0 fully saturated rings. The average Bonchev–Trinajstić information content (AvgIpc) is 2.99. The molecule has 126 valence electrons. The van der Waals surface area contributed by atoms with E-state index in [1.54, 1.807) is 19.9 Å². The minimum atomic E-state index is -1.17. The van der Waals surface area contributed by atoms with E-state index in [4.69, 9.17) is 9.52 Å². The van der Waals surface area contributed by atoms with Crippen molar-refractivity contribution in [3.05, 3.63) is 63.1 Å². The molecule has 0 saturated carbocycles. The molecule has 0 bridgehead atoms. The van der Waals surface area contributed by atoms with Crippen LogP contribution >= 0.6 is 0 Å². The van der Waals surface area contributed by atoms with Crippen LogP contribution in [0.4, 0.5) is 5.69 Å². The lowest BCUT2D eigenvalue weighted by atomic mass is 10.1. The molecule has 1 aromatic heterocycles. The van der Waals surface area contributed by atoms with Gasteiger partial charge in [0.25, 0.3) is 11.6 Å². The van der Waals surface area contributed by atoms with Gasteiger partial charge in [0.15, 0.2) is 5.76 Å². The van der Waals surface area contributed by atoms with Gasteiger partial charge in [-0.15, -0.1) is 0 Å². The minimum absolute atomic E-state index is 0.0503. The maximum absolute atomic E-state index is 12.2. The third-order valence-electron chi connectivity index (χ3n) is 3.51. The lowest BCUT2D eigenvalue weighted by Crippen LogP contribution is -2.26. The number of aromatic carboxylic acids is 1. The minimum Gasteiger partial charge on any atom is -0.478 e. The zero-order valence-electron chi connectivity index (χ0n) is 13.1. The van der Waals surface area contributed by atoms with E-state index >= 15 is 0 Å². The number of hydrogen-bond acceptors (Lipinski definition) is 5. The number of carboxylic acid groups (broad SMARTS) is 1. The summed E-state index contributed by atoms with van der Waals surface area (Å²) in [6.45, 7) is 3.39. The third kappa shape index (κ3) is 3.60. The number of nitro benzene ring substituents is 1. The third-order valence-corrected chi connectivity index (χ3v) is 3.51. The van der Waals surface area contributed by atoms with Gasteiger partial charge in [0, 0.05) is 24.6 Å². The molecule has 1 heterocycles. The number of rotatable bonds is 6. The van der Waals surface area contributed by atoms with Crippen LogP contribution in [0.15, 0.2) is 34.7 Å². The Balaban J connectivity index is 2.18. The number of furan rings is 1. The van der Waals surface area contributed by atoms with E-state index in [0.717, 1.165) is 0 Å². The first-order valence-corrected chi connectivity index (χ1v) is 7.24. The van der Waals surface area contributed by atoms with E-state index in [0.29, 0.717) is 12.0 Å². The molecule has 1 unspecified atom stereocenters. The lowest BCUT2D eigenvalue weighted by Gasteiger charge is -2.13. The van der Waals surface area contributed by atoms with Gasteiger partial charge >= 0.3 is 5.97 Å². The van der Waals surface area contributed by atoms with Crippen molar-refractivity contribution in [3.63, 3.8) is 0 Å². The summed E-state index contributed by atoms with van der Waals surface area (Å²) in [5, 5.41) is 22.5. The Hall–Kier alpha value is -3.16. The number of non-ortho nitro benzene ring substituents is 1. The number of nitro groups is 1. The normalized spacial score (nSPS) is 11.8. The molecule has 1 aromatic carbocycles. The first-order valence-electron chi connectivity index (χ1n) is 7.24. The highest BCUT2D eigenvalue weighted by atomic mass is 16.6. The van der Waals surface area contributed by atoms with E-state index < -0.39 is 22.8 Å². The van der Waals surface area contributed by atoms with Gasteiger partial charge < -0.3 is 14.8 Å². The fourth-order valence-corrected chi connectivity index (χ4v) is 2.24. The van der Waals surface area contributed by atoms with Crippen LogP contribution in [-0.2, 0) is 6.42 Å². The maximum atomic E-state index is 12.2. The molecule has 2 aromatic rings. The fourth-order valence-electron chi connectivity index (χ4n) is 2.24. The Morgan fingerprint density at radius 1 is 1.38 bits per heavy atom. The van der Waals surface area contributed by atoms with Crippen LogP contribution in [0.1, 0.15) is 52.1 Å². The summed E-state index contributed by atoms with van der Waals surface area (Å²) in [6.07, 6.45) is 0.343. The molecule has 24 heavy (non-hydrogen) atoms. The average molecular weight is 332 g/mol. The molecule has 0 aliphatic carbocycles. The summed E-state index contributed by atoms with van der Waals surface area (Å²) >= 11 is 0. The quantitative estimate of drug-likeness (QED) is 0.619. The monoisotopic (exact) mass is 332 g/mol. The first-order chi connectivity index (χ1) is 11.3. The summed E-state index contributed by atoms with van der Waals surface area (Å²) in [7, 11) is 0. The molecule has 0 saturated heterocycles. The summed E-state index contributed by atoms with van der Waals surface area (Å²) in [6, 6.07) is 6.57. The molecule has 0 aliphatic heterocycles. The highest BCUT2D eigenvalue weighted by molar-refractivity contribution is 5.96. The van der Waals surface area contributed by atoms with Crippen LogP contribution in [0.25, 0.3) is 0 Å². The molecule has 2 N–H and O–H groups in total. The van der Waals surface area contributed by atoms with Gasteiger partial charge in [-0.1, -0.05) is 19.1 Å². The maximum Gasteiger partial charge on any atom is 0.339 e. The number of carboxylic acids is 1. The molecule has 0 spiro atoms. The zero-order chi connectivity index (χ0) is 17.9. The van der Waals surface area contributed by atoms with E-state index in [1.165, 1.54) is 24.3 Å². The van der Waals surface area contributed by atoms with Gasteiger partial charge in [0.1, 0.15) is 11.3 Å². The number of benzene rings is 1. The second-order valence-electron chi connectivity index (χ2n) is 5.15. The highest BCUT2D eigenvalue weighted by Crippen LogP contribution is 2.21. The van der Waals surface area contributed by atoms with Gasteiger partial charge in [-0.05, 0) is 12.5 Å². The van der Waals surface area contributed by atoms with E-state index in [-0.39, 0.29) is 22.8 Å². The predicted octanol–water partition coefficient (Wildman–Crippen LogP) is 2.94. The molecular formula is C16H16N2O6. The second kappa shape index (κ2) is 6.95. The Labute approximate surface area is 137 Å². The summed E-state index contributed by atoms with van der Waals surface area (Å²) < 4.78 is 5.28. The fraction of sp³-hybridized carbons (Fsp3) is 0.250. The predicted molar refractivity (Wildman–Crippen MR) is 84.0 cm³/mol. The number of nitrogens with one attached hydrogen (secondary N) is 1. The number of carbonyl (C=O) groups is 2. The zero-order valence-corrected chi connectivity index (χ0v) is 13.1. The van der Waals surface area contributed by atoms with Crippen LogP contribution in [0.5, 0.6) is 0 Å². The first kappa shape index (κ1) is 17.2. The van der Waals surface area contributed by atoms with Gasteiger partial charge in [-0.25, -0.2) is 4.79 Å². The summed E-state index contributed by atoms with van der Waals surface area (Å²) in [5.41, 5.74) is 0.428. The second-order valence-corrected chi connectivity index (χ2v) is 5.15. The molecule has 8 nitrogen and oxygen atoms in total. The van der Waals surface area contributed by atoms with Crippen LogP contribution in [0.2, 0.25) is 0 Å². The Morgan fingerprint density at radius 3 is 2.62 bits per heavy atom. The molecule has 8 heteroatoms. The summed E-state index contributed by atoms with van der Waals surface area (Å²) in [4.78, 5) is 33.6. The van der Waals surface area contributed by atoms with Gasteiger partial charge in [-0.3, -0.25) is 14.9 Å². The smallest absolute Gasteiger partial charge is 0.339 e. The number of amides is 1. The number of hydrogen-bond donors (Lipinski definition) is 2. The van der Waals surface area contributed by atoms with Crippen molar-refractivity contribution in [2.75, 3.05) is 0 Å². The molecular weight excluding hydrogens is 316 g/mol. The molecule has 0 aliphatic rings. The Morgan fingerprint density at radius 2 is 2.08 bits per heavy atom. The van der Waals surface area contributed by atoms with E-state index in [1.807, 2.05) is 0 Å². The SMILES string of the molecule is CCc1oc(C(=O)NC(C)c2cccc([N+](=O)[O-])c2)cc1C(=O)O. The highest BCUT2D eigenvalue weighted by Gasteiger charge is 2.21. The van der Waals surface area contributed by atoms with Crippen molar-refractivity contribution in [1.29, 1.82) is 0 Å². The van der Waals surface area contributed by atoms with Gasteiger partial charge in [-0.2, -0.15) is 0 Å². The van der Waals surface area contributed by atoms with Crippen molar-refractivity contribution in [1.82, 2.24) is 5.32 Å². The van der Waals surface area contributed by atoms with Crippen molar-refractivity contribution in [3.8, 4) is 0 Å². The van der Waals surface area contributed by atoms with Crippen molar-refractivity contribution in [2.45, 2.75) is 26.3 Å². The lowest BCUT2D eigenvalue weighted by molar-refractivity contribution is -0.384.